The Hall–Kier alpha value is -4.26. The van der Waals surface area contributed by atoms with Gasteiger partial charge in [0, 0.05) is 6.92 Å². The van der Waals surface area contributed by atoms with Crippen molar-refractivity contribution in [2.24, 2.45) is 10.8 Å². The van der Waals surface area contributed by atoms with E-state index in [1.807, 2.05) is 6.92 Å². The number of nitrogens with zero attached hydrogens (tertiary/aromatic N) is 3. The van der Waals surface area contributed by atoms with Crippen LogP contribution in [-0.2, 0) is 9.47 Å². The summed E-state index contributed by atoms with van der Waals surface area (Å²) in [5.41, 5.74) is -3.06. The fourth-order valence-electron chi connectivity index (χ4n) is 5.21. The second kappa shape index (κ2) is 8.51. The van der Waals surface area contributed by atoms with Crippen LogP contribution in [0.1, 0.15) is 37.0 Å². The molecule has 1 N–H and O–H groups in total. The van der Waals surface area contributed by atoms with Gasteiger partial charge in [0.2, 0.25) is 17.1 Å². The van der Waals surface area contributed by atoms with Crippen molar-refractivity contribution in [2.75, 3.05) is 20.8 Å². The van der Waals surface area contributed by atoms with E-state index >= 15 is 0 Å². The molecule has 35 heavy (non-hydrogen) atoms. The Morgan fingerprint density at radius 2 is 1.60 bits per heavy atom. The van der Waals surface area contributed by atoms with Crippen LogP contribution in [0.15, 0.2) is 42.5 Å². The summed E-state index contributed by atoms with van der Waals surface area (Å²) in [6.45, 7) is 3.87. The second-order valence-corrected chi connectivity index (χ2v) is 8.45. The summed E-state index contributed by atoms with van der Waals surface area (Å²) >= 11 is 0. The quantitative estimate of drug-likeness (QED) is 0.658. The third-order valence-corrected chi connectivity index (χ3v) is 6.76. The molecule has 4 unspecified atom stereocenters. The molecule has 4 rings (SSSR count). The molecule has 0 radical (unpaired) electrons. The Kier molecular flexibility index (Phi) is 5.80. The van der Waals surface area contributed by atoms with Gasteiger partial charge in [0.1, 0.15) is 11.9 Å². The molecule has 2 bridgehead atoms. The fourth-order valence-corrected chi connectivity index (χ4v) is 5.21. The van der Waals surface area contributed by atoms with Crippen molar-refractivity contribution in [2.45, 2.75) is 31.7 Å². The number of methoxy groups -OCH3 is 2. The van der Waals surface area contributed by atoms with E-state index in [2.05, 4.69) is 18.2 Å². The van der Waals surface area contributed by atoms with Gasteiger partial charge in [-0.25, -0.2) is 0 Å². The fraction of sp³-hybridized carbons (Fsp3) is 0.385. The second-order valence-electron chi connectivity index (χ2n) is 8.45. The zero-order chi connectivity index (χ0) is 25.4. The molecule has 178 valence electrons. The summed E-state index contributed by atoms with van der Waals surface area (Å²) in [6, 6.07) is 18.0. The Bertz CT molecular complexity index is 1270. The van der Waals surface area contributed by atoms with E-state index in [1.165, 1.54) is 14.2 Å². The Morgan fingerprint density at radius 3 is 2.14 bits per heavy atom. The lowest BCUT2D eigenvalue weighted by Gasteiger charge is -2.49. The van der Waals surface area contributed by atoms with Crippen LogP contribution in [0.2, 0.25) is 0 Å². The Morgan fingerprint density at radius 1 is 0.943 bits per heavy atom. The van der Waals surface area contributed by atoms with Crippen LogP contribution in [0.5, 0.6) is 17.2 Å². The minimum atomic E-state index is -2.11. The molecule has 0 aromatic heterocycles. The molecule has 2 aromatic carbocycles. The van der Waals surface area contributed by atoms with Crippen LogP contribution >= 0.6 is 0 Å². The highest BCUT2D eigenvalue weighted by Gasteiger charge is 2.79. The normalized spacial score (nSPS) is 28.1. The number of benzene rings is 2. The van der Waals surface area contributed by atoms with Crippen LogP contribution in [0.3, 0.4) is 0 Å². The SMILES string of the molecule is CCOc1ccc(C2OC3(C)OC(=N)C(C#N)(C3c3ccc(OC)cc3)C2(C#N)C#N)cc1OC. The largest absolute Gasteiger partial charge is 0.497 e. The van der Waals surface area contributed by atoms with Gasteiger partial charge in [-0.2, -0.15) is 15.8 Å². The van der Waals surface area contributed by atoms with Crippen molar-refractivity contribution in [1.82, 2.24) is 0 Å². The van der Waals surface area contributed by atoms with Gasteiger partial charge in [0.05, 0.1) is 45.0 Å². The van der Waals surface area contributed by atoms with E-state index in [9.17, 15) is 15.8 Å². The van der Waals surface area contributed by atoms with Gasteiger partial charge in [-0.3, -0.25) is 5.41 Å². The third-order valence-electron chi connectivity index (χ3n) is 6.76. The number of hydrogen-bond donors (Lipinski definition) is 1. The first-order valence-corrected chi connectivity index (χ1v) is 10.9. The Balaban J connectivity index is 1.95. The van der Waals surface area contributed by atoms with Crippen molar-refractivity contribution in [3.05, 3.63) is 53.6 Å². The molecule has 9 nitrogen and oxygen atoms in total. The minimum Gasteiger partial charge on any atom is -0.497 e. The van der Waals surface area contributed by atoms with Crippen LogP contribution in [0.4, 0.5) is 0 Å². The molecule has 2 heterocycles. The number of nitriles is 3. The highest BCUT2D eigenvalue weighted by molar-refractivity contribution is 5.90. The lowest BCUT2D eigenvalue weighted by atomic mass is 9.52. The van der Waals surface area contributed by atoms with E-state index in [0.717, 1.165) is 0 Å². The zero-order valence-corrected chi connectivity index (χ0v) is 19.8. The predicted molar refractivity (Wildman–Crippen MR) is 123 cm³/mol. The van der Waals surface area contributed by atoms with E-state index < -0.39 is 34.5 Å². The first-order valence-electron chi connectivity index (χ1n) is 10.9. The van der Waals surface area contributed by atoms with E-state index in [-0.39, 0.29) is 0 Å². The number of hydrogen-bond acceptors (Lipinski definition) is 9. The van der Waals surface area contributed by atoms with Gasteiger partial charge in [0.25, 0.3) is 0 Å². The monoisotopic (exact) mass is 472 g/mol. The van der Waals surface area contributed by atoms with Crippen LogP contribution < -0.4 is 14.2 Å². The topological polar surface area (TPSA) is 141 Å². The summed E-state index contributed by atoms with van der Waals surface area (Å²) in [4.78, 5) is 0. The van der Waals surface area contributed by atoms with Gasteiger partial charge in [-0.1, -0.05) is 18.2 Å². The molecule has 2 aliphatic rings. The maximum atomic E-state index is 10.6. The van der Waals surface area contributed by atoms with Gasteiger partial charge >= 0.3 is 0 Å². The van der Waals surface area contributed by atoms with Crippen molar-refractivity contribution in [1.29, 1.82) is 21.2 Å². The number of rotatable bonds is 6. The number of ether oxygens (including phenoxy) is 5. The van der Waals surface area contributed by atoms with Gasteiger partial charge in [-0.05, 0) is 42.3 Å². The molecule has 0 spiro atoms. The standard InChI is InChI=1S/C26H24N4O5/c1-5-33-19-11-8-17(12-20(19)32-4)22-25(13-27,14-28)26(15-29)21(24(2,34-22)35-23(26)30)16-6-9-18(31-3)10-7-16/h6-12,21-22,30H,5H2,1-4H3. The van der Waals surface area contributed by atoms with Crippen molar-refractivity contribution in [3.8, 4) is 35.5 Å². The zero-order valence-electron chi connectivity index (χ0n) is 19.8. The first kappa shape index (κ1) is 23.9. The van der Waals surface area contributed by atoms with Gasteiger partial charge in [-0.15, -0.1) is 0 Å². The molecule has 9 heteroatoms. The smallest absolute Gasteiger partial charge is 0.218 e. The molecular weight excluding hydrogens is 448 g/mol. The first-order chi connectivity index (χ1) is 16.8. The molecule has 2 saturated heterocycles. The number of fused-ring (bicyclic) bond motifs is 2. The average Bonchev–Trinajstić information content (AvgIpc) is 3.06. The Labute approximate surface area is 203 Å². The van der Waals surface area contributed by atoms with Crippen molar-refractivity contribution in [3.63, 3.8) is 0 Å². The van der Waals surface area contributed by atoms with Crippen molar-refractivity contribution < 1.29 is 23.7 Å². The summed E-state index contributed by atoms with van der Waals surface area (Å²) in [7, 11) is 3.01. The van der Waals surface area contributed by atoms with Crippen LogP contribution in [0.25, 0.3) is 0 Å². The lowest BCUT2D eigenvalue weighted by Crippen LogP contribution is -2.57. The molecule has 0 aliphatic carbocycles. The highest BCUT2D eigenvalue weighted by Crippen LogP contribution is 2.69. The maximum absolute atomic E-state index is 10.6. The van der Waals surface area contributed by atoms with E-state index in [4.69, 9.17) is 29.1 Å². The summed E-state index contributed by atoms with van der Waals surface area (Å²) < 4.78 is 28.5. The highest BCUT2D eigenvalue weighted by atomic mass is 16.7. The van der Waals surface area contributed by atoms with E-state index in [1.54, 1.807) is 49.4 Å². The van der Waals surface area contributed by atoms with Crippen molar-refractivity contribution >= 4 is 5.90 Å². The predicted octanol–water partition coefficient (Wildman–Crippen LogP) is 4.22. The lowest BCUT2D eigenvalue weighted by molar-refractivity contribution is -0.253. The maximum Gasteiger partial charge on any atom is 0.218 e. The molecule has 0 amide bonds. The van der Waals surface area contributed by atoms with Crippen LogP contribution in [0, 0.1) is 50.2 Å². The van der Waals surface area contributed by atoms with Gasteiger partial charge < -0.3 is 23.7 Å². The molecule has 4 atom stereocenters. The molecule has 2 aromatic rings. The molecule has 2 fully saturated rings. The minimum absolute atomic E-state index is 0.384. The molecule has 2 aliphatic heterocycles. The summed E-state index contributed by atoms with van der Waals surface area (Å²) in [5, 5.41) is 40.2. The summed E-state index contributed by atoms with van der Waals surface area (Å²) in [5.74, 6) is -1.45. The summed E-state index contributed by atoms with van der Waals surface area (Å²) in [6.07, 6.45) is -1.22. The number of nitrogens with one attached hydrogen (secondary N) is 1. The molecular formula is C26H24N4O5. The van der Waals surface area contributed by atoms with E-state index in [0.29, 0.717) is 35.0 Å². The van der Waals surface area contributed by atoms with Crippen LogP contribution in [-0.4, -0.2) is 32.5 Å². The third kappa shape index (κ3) is 3.11. The van der Waals surface area contributed by atoms with Gasteiger partial charge in [0.15, 0.2) is 16.9 Å². The average molecular weight is 473 g/mol. The molecule has 0 saturated carbocycles.